The van der Waals surface area contributed by atoms with Gasteiger partial charge in [-0.25, -0.2) is 4.79 Å². The molecule has 1 saturated heterocycles. The summed E-state index contributed by atoms with van der Waals surface area (Å²) in [5, 5.41) is 0. The van der Waals surface area contributed by atoms with E-state index >= 15 is 0 Å². The number of rotatable bonds is 2. The van der Waals surface area contributed by atoms with Crippen LogP contribution in [0.1, 0.15) is 26.5 Å². The Hall–Kier alpha value is -0.780. The van der Waals surface area contributed by atoms with Crippen molar-refractivity contribution >= 4 is 23.2 Å². The van der Waals surface area contributed by atoms with Gasteiger partial charge < -0.3 is 4.74 Å². The van der Waals surface area contributed by atoms with Gasteiger partial charge in [-0.2, -0.15) is 0 Å². The molecule has 0 saturated carbocycles. The van der Waals surface area contributed by atoms with Gasteiger partial charge in [0, 0.05) is 18.2 Å². The van der Waals surface area contributed by atoms with E-state index in [0.29, 0.717) is 0 Å². The number of aromatic nitrogens is 2. The Bertz CT molecular complexity index is 552. The van der Waals surface area contributed by atoms with Crippen molar-refractivity contribution in [2.75, 3.05) is 0 Å². The predicted molar refractivity (Wildman–Crippen MR) is 69.1 cm³/mol. The first-order valence-corrected chi connectivity index (χ1v) is 6.48. The zero-order valence-corrected chi connectivity index (χ0v) is 11.5. The van der Waals surface area contributed by atoms with Crippen LogP contribution >= 0.6 is 23.2 Å². The van der Waals surface area contributed by atoms with Crippen molar-refractivity contribution in [3.05, 3.63) is 33.1 Å². The summed E-state index contributed by atoms with van der Waals surface area (Å²) in [5.41, 5.74) is -1.05. The van der Waals surface area contributed by atoms with E-state index < -0.39 is 21.8 Å². The highest BCUT2D eigenvalue weighted by molar-refractivity contribution is 6.49. The fourth-order valence-electron chi connectivity index (χ4n) is 2.16. The standard InChI is InChI=1S/C11H14Cl2N2O3/c1-3-7-6(2)11(12,13)9(18-7)15-5-4-8(16)14-10(15)17/h4-7,9H,3H2,1-2H3,(H,14,16,17)/t6-,7+,9-/m0/s1. The second-order valence-corrected chi connectivity index (χ2v) is 5.86. The minimum atomic E-state index is -1.21. The van der Waals surface area contributed by atoms with E-state index in [1.165, 1.54) is 16.8 Å². The topological polar surface area (TPSA) is 64.1 Å². The molecule has 1 N–H and O–H groups in total. The Morgan fingerprint density at radius 3 is 2.67 bits per heavy atom. The fraction of sp³-hybridized carbons (Fsp3) is 0.636. The molecule has 5 nitrogen and oxygen atoms in total. The molecule has 0 bridgehead atoms. The molecule has 3 atom stereocenters. The normalized spacial score (nSPS) is 30.6. The molecule has 0 amide bonds. The summed E-state index contributed by atoms with van der Waals surface area (Å²) in [7, 11) is 0. The maximum Gasteiger partial charge on any atom is 0.330 e. The predicted octanol–water partition coefficient (Wildman–Crippen LogP) is 1.65. The average Bonchev–Trinajstić information content (AvgIpc) is 2.52. The second-order valence-electron chi connectivity index (χ2n) is 4.42. The second kappa shape index (κ2) is 4.72. The van der Waals surface area contributed by atoms with E-state index in [1.54, 1.807) is 0 Å². The summed E-state index contributed by atoms with van der Waals surface area (Å²) in [6.07, 6.45) is 1.17. The quantitative estimate of drug-likeness (QED) is 0.843. The lowest BCUT2D eigenvalue weighted by molar-refractivity contribution is -0.00926. The number of ether oxygens (including phenoxy) is 1. The minimum absolute atomic E-state index is 0.116. The number of hydrogen-bond donors (Lipinski definition) is 1. The molecule has 1 aromatic heterocycles. The first-order chi connectivity index (χ1) is 8.37. The van der Waals surface area contributed by atoms with E-state index in [0.717, 1.165) is 6.42 Å². The third-order valence-electron chi connectivity index (χ3n) is 3.30. The third-order valence-corrected chi connectivity index (χ3v) is 4.37. The van der Waals surface area contributed by atoms with Crippen LogP contribution < -0.4 is 11.2 Å². The van der Waals surface area contributed by atoms with Gasteiger partial charge in [0.15, 0.2) is 10.6 Å². The third kappa shape index (κ3) is 2.11. The molecule has 1 aliphatic rings. The van der Waals surface area contributed by atoms with Crippen LogP contribution in [-0.2, 0) is 4.74 Å². The van der Waals surface area contributed by atoms with Crippen molar-refractivity contribution in [1.82, 2.24) is 9.55 Å². The molecule has 2 heterocycles. The van der Waals surface area contributed by atoms with E-state index in [2.05, 4.69) is 4.98 Å². The van der Waals surface area contributed by atoms with Gasteiger partial charge in [-0.1, -0.05) is 37.0 Å². The number of aromatic amines is 1. The molecular weight excluding hydrogens is 279 g/mol. The molecule has 1 fully saturated rings. The smallest absolute Gasteiger partial charge is 0.330 e. The zero-order chi connectivity index (χ0) is 13.5. The van der Waals surface area contributed by atoms with Crippen molar-refractivity contribution < 1.29 is 4.74 Å². The SMILES string of the molecule is CC[C@H]1O[C@H](n2ccc(=O)[nH]c2=O)C(Cl)(Cl)[C@H]1C. The Morgan fingerprint density at radius 2 is 2.17 bits per heavy atom. The summed E-state index contributed by atoms with van der Waals surface area (Å²) in [6, 6.07) is 1.23. The first kappa shape index (κ1) is 13.6. The maximum absolute atomic E-state index is 11.7. The van der Waals surface area contributed by atoms with Crippen LogP contribution in [0.2, 0.25) is 0 Å². The van der Waals surface area contributed by atoms with Crippen molar-refractivity contribution in [3.8, 4) is 0 Å². The first-order valence-electron chi connectivity index (χ1n) is 5.72. The van der Waals surface area contributed by atoms with Crippen LogP contribution in [0.25, 0.3) is 0 Å². The lowest BCUT2D eigenvalue weighted by Crippen LogP contribution is -2.38. The molecule has 100 valence electrons. The molecule has 7 heteroatoms. The Labute approximate surface area is 114 Å². The largest absolute Gasteiger partial charge is 0.351 e. The lowest BCUT2D eigenvalue weighted by Gasteiger charge is -2.24. The van der Waals surface area contributed by atoms with Crippen molar-refractivity contribution in [3.63, 3.8) is 0 Å². The zero-order valence-electron chi connectivity index (χ0n) is 10.0. The van der Waals surface area contributed by atoms with Crippen LogP contribution in [0.15, 0.2) is 21.9 Å². The highest BCUT2D eigenvalue weighted by Gasteiger charge is 2.53. The summed E-state index contributed by atoms with van der Waals surface area (Å²) in [6.45, 7) is 3.84. The van der Waals surface area contributed by atoms with Gasteiger partial charge >= 0.3 is 5.69 Å². The monoisotopic (exact) mass is 292 g/mol. The van der Waals surface area contributed by atoms with Crippen molar-refractivity contribution in [2.24, 2.45) is 5.92 Å². The highest BCUT2D eigenvalue weighted by Crippen LogP contribution is 2.50. The van der Waals surface area contributed by atoms with Gasteiger partial charge in [0.05, 0.1) is 6.10 Å². The number of nitrogens with one attached hydrogen (secondary N) is 1. The summed E-state index contributed by atoms with van der Waals surface area (Å²) in [4.78, 5) is 24.9. The number of halogens is 2. The number of nitrogens with zero attached hydrogens (tertiary/aromatic N) is 1. The van der Waals surface area contributed by atoms with Crippen LogP contribution in [-0.4, -0.2) is 20.0 Å². The molecule has 0 aromatic carbocycles. The maximum atomic E-state index is 11.7. The highest BCUT2D eigenvalue weighted by atomic mass is 35.5. The van der Waals surface area contributed by atoms with Crippen LogP contribution in [0.5, 0.6) is 0 Å². The minimum Gasteiger partial charge on any atom is -0.351 e. The molecule has 1 aliphatic heterocycles. The summed E-state index contributed by atoms with van der Waals surface area (Å²) in [5.74, 6) is -0.116. The van der Waals surface area contributed by atoms with E-state index in [9.17, 15) is 9.59 Å². The average molecular weight is 293 g/mol. The fourth-order valence-corrected chi connectivity index (χ4v) is 2.75. The van der Waals surface area contributed by atoms with Crippen LogP contribution in [0.3, 0.4) is 0 Å². The molecule has 18 heavy (non-hydrogen) atoms. The molecule has 1 aromatic rings. The molecule has 0 radical (unpaired) electrons. The van der Waals surface area contributed by atoms with Gasteiger partial charge in [0.2, 0.25) is 0 Å². The van der Waals surface area contributed by atoms with Gasteiger partial charge in [0.25, 0.3) is 5.56 Å². The van der Waals surface area contributed by atoms with E-state index in [4.69, 9.17) is 27.9 Å². The Balaban J connectivity index is 2.45. The number of H-pyrrole nitrogens is 1. The number of hydrogen-bond acceptors (Lipinski definition) is 3. The Kier molecular flexibility index (Phi) is 3.58. The van der Waals surface area contributed by atoms with Gasteiger partial charge in [-0.3, -0.25) is 14.3 Å². The van der Waals surface area contributed by atoms with Crippen LogP contribution in [0, 0.1) is 5.92 Å². The molecular formula is C11H14Cl2N2O3. The summed E-state index contributed by atoms with van der Waals surface area (Å²) >= 11 is 12.6. The van der Waals surface area contributed by atoms with Crippen LogP contribution in [0.4, 0.5) is 0 Å². The molecule has 2 rings (SSSR count). The molecule has 0 spiro atoms. The van der Waals surface area contributed by atoms with Crippen molar-refractivity contribution in [1.29, 1.82) is 0 Å². The summed E-state index contributed by atoms with van der Waals surface area (Å²) < 4.78 is 5.73. The van der Waals surface area contributed by atoms with Gasteiger partial charge in [-0.15, -0.1) is 0 Å². The molecule has 0 aliphatic carbocycles. The lowest BCUT2D eigenvalue weighted by atomic mass is 10.0. The van der Waals surface area contributed by atoms with Crippen molar-refractivity contribution in [2.45, 2.75) is 36.9 Å². The van der Waals surface area contributed by atoms with E-state index in [-0.39, 0.29) is 12.0 Å². The van der Waals surface area contributed by atoms with E-state index in [1.807, 2.05) is 13.8 Å². The Morgan fingerprint density at radius 1 is 1.50 bits per heavy atom. The number of alkyl halides is 2. The van der Waals surface area contributed by atoms with Gasteiger partial charge in [-0.05, 0) is 6.42 Å². The van der Waals surface area contributed by atoms with Gasteiger partial charge in [0.1, 0.15) is 0 Å². The molecule has 0 unspecified atom stereocenters.